The molecular formula is C17H19N3O2. The fourth-order valence-electron chi connectivity index (χ4n) is 3.10. The van der Waals surface area contributed by atoms with Gasteiger partial charge < -0.3 is 10.0 Å². The Morgan fingerprint density at radius 1 is 1.27 bits per heavy atom. The lowest BCUT2D eigenvalue weighted by atomic mass is 9.93. The normalized spacial score (nSPS) is 21.0. The van der Waals surface area contributed by atoms with Gasteiger partial charge in [-0.2, -0.15) is 0 Å². The van der Waals surface area contributed by atoms with Crippen LogP contribution in [0.2, 0.25) is 0 Å². The molecule has 0 aliphatic carbocycles. The van der Waals surface area contributed by atoms with Gasteiger partial charge in [0.15, 0.2) is 5.69 Å². The molecule has 3 rings (SSSR count). The average molecular weight is 297 g/mol. The van der Waals surface area contributed by atoms with Gasteiger partial charge in [0.25, 0.3) is 0 Å². The Labute approximate surface area is 129 Å². The summed E-state index contributed by atoms with van der Waals surface area (Å²) >= 11 is 0. The van der Waals surface area contributed by atoms with Crippen LogP contribution in [0.1, 0.15) is 29.4 Å². The van der Waals surface area contributed by atoms with Crippen molar-refractivity contribution in [2.75, 3.05) is 11.4 Å². The fraction of sp³-hybridized carbons (Fsp3) is 0.353. The Bertz CT molecular complexity index is 643. The minimum absolute atomic E-state index is 0.0172. The zero-order chi connectivity index (χ0) is 15.5. The Kier molecular flexibility index (Phi) is 4.04. The van der Waals surface area contributed by atoms with Gasteiger partial charge in [-0.1, -0.05) is 30.3 Å². The van der Waals surface area contributed by atoms with E-state index in [4.69, 9.17) is 5.11 Å². The largest absolute Gasteiger partial charge is 0.476 e. The highest BCUT2D eigenvalue weighted by atomic mass is 16.4. The number of carbonyl (C=O) groups is 1. The van der Waals surface area contributed by atoms with Gasteiger partial charge in [0.05, 0.1) is 12.4 Å². The number of hydrogen-bond acceptors (Lipinski definition) is 4. The standard InChI is InChI=1S/C17H19N3O2/c1-12-14(9-13-5-3-2-4-6-13)7-8-20(12)16-11-18-15(10-19-16)17(21)22/h2-6,10-12,14H,7-9H2,1H3,(H,21,22). The first-order chi connectivity index (χ1) is 10.6. The number of rotatable bonds is 4. The van der Waals surface area contributed by atoms with Crippen molar-refractivity contribution in [3.8, 4) is 0 Å². The minimum atomic E-state index is -1.05. The monoisotopic (exact) mass is 297 g/mol. The number of carboxylic acid groups (broad SMARTS) is 1. The highest BCUT2D eigenvalue weighted by Gasteiger charge is 2.31. The molecule has 0 amide bonds. The van der Waals surface area contributed by atoms with Crippen molar-refractivity contribution in [2.24, 2.45) is 5.92 Å². The van der Waals surface area contributed by atoms with Crippen molar-refractivity contribution in [3.05, 3.63) is 54.0 Å². The number of hydrogen-bond donors (Lipinski definition) is 1. The van der Waals surface area contributed by atoms with Gasteiger partial charge in [0, 0.05) is 12.6 Å². The summed E-state index contributed by atoms with van der Waals surface area (Å²) in [6.45, 7) is 3.13. The summed E-state index contributed by atoms with van der Waals surface area (Å²) in [5.41, 5.74) is 1.34. The van der Waals surface area contributed by atoms with Crippen LogP contribution in [0.5, 0.6) is 0 Å². The molecule has 1 aromatic heterocycles. The van der Waals surface area contributed by atoms with Crippen LogP contribution in [0.4, 0.5) is 5.82 Å². The van der Waals surface area contributed by atoms with Crippen molar-refractivity contribution in [3.63, 3.8) is 0 Å². The molecule has 5 nitrogen and oxygen atoms in total. The summed E-state index contributed by atoms with van der Waals surface area (Å²) in [7, 11) is 0. The number of anilines is 1. The Morgan fingerprint density at radius 3 is 2.68 bits per heavy atom. The zero-order valence-electron chi connectivity index (χ0n) is 12.5. The van der Waals surface area contributed by atoms with E-state index in [0.717, 1.165) is 25.2 Å². The zero-order valence-corrected chi connectivity index (χ0v) is 12.5. The Hall–Kier alpha value is -2.43. The van der Waals surface area contributed by atoms with E-state index in [1.54, 1.807) is 6.20 Å². The molecule has 0 bridgehead atoms. The van der Waals surface area contributed by atoms with Crippen molar-refractivity contribution in [2.45, 2.75) is 25.8 Å². The summed E-state index contributed by atoms with van der Waals surface area (Å²) in [6.07, 6.45) is 5.05. The molecule has 1 aliphatic heterocycles. The second-order valence-electron chi connectivity index (χ2n) is 5.74. The molecule has 1 fully saturated rings. The van der Waals surface area contributed by atoms with E-state index in [0.29, 0.717) is 12.0 Å². The third-order valence-corrected chi connectivity index (χ3v) is 4.41. The SMILES string of the molecule is CC1C(Cc2ccccc2)CCN1c1cnc(C(=O)O)cn1. The maximum atomic E-state index is 10.8. The third kappa shape index (κ3) is 2.93. The highest BCUT2D eigenvalue weighted by molar-refractivity contribution is 5.84. The van der Waals surface area contributed by atoms with Crippen LogP contribution in [-0.2, 0) is 6.42 Å². The van der Waals surface area contributed by atoms with Gasteiger partial charge in [-0.25, -0.2) is 14.8 Å². The first kappa shape index (κ1) is 14.5. The summed E-state index contributed by atoms with van der Waals surface area (Å²) in [5, 5.41) is 8.88. The maximum absolute atomic E-state index is 10.8. The Balaban J connectivity index is 1.70. The molecule has 0 radical (unpaired) electrons. The topological polar surface area (TPSA) is 66.3 Å². The third-order valence-electron chi connectivity index (χ3n) is 4.41. The van der Waals surface area contributed by atoms with Crippen LogP contribution in [0.3, 0.4) is 0 Å². The molecule has 2 aromatic rings. The molecule has 0 spiro atoms. The lowest BCUT2D eigenvalue weighted by Crippen LogP contribution is -2.31. The van der Waals surface area contributed by atoms with Gasteiger partial charge in [-0.05, 0) is 31.2 Å². The summed E-state index contributed by atoms with van der Waals surface area (Å²) in [5.74, 6) is 0.284. The van der Waals surface area contributed by atoms with Crippen molar-refractivity contribution < 1.29 is 9.90 Å². The molecule has 114 valence electrons. The molecular weight excluding hydrogens is 278 g/mol. The first-order valence-corrected chi connectivity index (χ1v) is 7.51. The molecule has 22 heavy (non-hydrogen) atoms. The van der Waals surface area contributed by atoms with E-state index in [2.05, 4.69) is 46.1 Å². The smallest absolute Gasteiger partial charge is 0.356 e. The lowest BCUT2D eigenvalue weighted by molar-refractivity contribution is 0.0690. The van der Waals surface area contributed by atoms with Crippen LogP contribution in [-0.4, -0.2) is 33.6 Å². The van der Waals surface area contributed by atoms with Gasteiger partial charge in [0.1, 0.15) is 5.82 Å². The molecule has 1 aromatic carbocycles. The number of carboxylic acids is 1. The minimum Gasteiger partial charge on any atom is -0.476 e. The van der Waals surface area contributed by atoms with Crippen LogP contribution >= 0.6 is 0 Å². The molecule has 1 saturated heterocycles. The summed E-state index contributed by atoms with van der Waals surface area (Å²) in [4.78, 5) is 21.3. The van der Waals surface area contributed by atoms with Gasteiger partial charge in [0.2, 0.25) is 0 Å². The number of aromatic carboxylic acids is 1. The molecule has 1 N–H and O–H groups in total. The van der Waals surface area contributed by atoms with Crippen LogP contribution < -0.4 is 4.90 Å². The number of nitrogens with zero attached hydrogens (tertiary/aromatic N) is 3. The van der Waals surface area contributed by atoms with Crippen LogP contribution in [0, 0.1) is 5.92 Å². The van der Waals surface area contributed by atoms with Gasteiger partial charge >= 0.3 is 5.97 Å². The van der Waals surface area contributed by atoms with Crippen molar-refractivity contribution >= 4 is 11.8 Å². The summed E-state index contributed by atoms with van der Waals surface area (Å²) < 4.78 is 0. The second-order valence-corrected chi connectivity index (χ2v) is 5.74. The van der Waals surface area contributed by atoms with Crippen LogP contribution in [0.15, 0.2) is 42.7 Å². The molecule has 0 saturated carbocycles. The number of benzene rings is 1. The van der Waals surface area contributed by atoms with Crippen molar-refractivity contribution in [1.29, 1.82) is 0 Å². The van der Waals surface area contributed by atoms with Gasteiger partial charge in [-0.3, -0.25) is 0 Å². The van der Waals surface area contributed by atoms with Gasteiger partial charge in [-0.15, -0.1) is 0 Å². The van der Waals surface area contributed by atoms with E-state index in [1.165, 1.54) is 11.8 Å². The van der Waals surface area contributed by atoms with E-state index >= 15 is 0 Å². The highest BCUT2D eigenvalue weighted by Crippen LogP contribution is 2.30. The van der Waals surface area contributed by atoms with E-state index in [9.17, 15) is 4.79 Å². The van der Waals surface area contributed by atoms with E-state index in [1.807, 2.05) is 6.07 Å². The lowest BCUT2D eigenvalue weighted by Gasteiger charge is -2.25. The molecule has 2 atom stereocenters. The summed E-state index contributed by atoms with van der Waals surface area (Å²) in [6, 6.07) is 10.9. The van der Waals surface area contributed by atoms with E-state index in [-0.39, 0.29) is 5.69 Å². The maximum Gasteiger partial charge on any atom is 0.356 e. The fourth-order valence-corrected chi connectivity index (χ4v) is 3.10. The van der Waals surface area contributed by atoms with E-state index < -0.39 is 5.97 Å². The predicted octanol–water partition coefficient (Wildman–Crippen LogP) is 2.63. The van der Waals surface area contributed by atoms with Crippen LogP contribution in [0.25, 0.3) is 0 Å². The quantitative estimate of drug-likeness (QED) is 0.939. The van der Waals surface area contributed by atoms with Crippen molar-refractivity contribution in [1.82, 2.24) is 9.97 Å². The number of aromatic nitrogens is 2. The average Bonchev–Trinajstić information content (AvgIpc) is 2.89. The molecule has 2 unspecified atom stereocenters. The first-order valence-electron chi connectivity index (χ1n) is 7.51. The Morgan fingerprint density at radius 2 is 2.05 bits per heavy atom. The second kappa shape index (κ2) is 6.13. The predicted molar refractivity (Wildman–Crippen MR) is 84.1 cm³/mol. The molecule has 2 heterocycles. The molecule has 5 heteroatoms. The molecule has 1 aliphatic rings.